The SMILES string of the molecule is CN(CC(=O)O)C(=O)c1cnn(C2CCCC2)c1-c1ccccc1. The Balaban J connectivity index is 2.03. The maximum atomic E-state index is 12.7. The van der Waals surface area contributed by atoms with Crippen LogP contribution in [0.15, 0.2) is 36.5 Å². The third-order valence-electron chi connectivity index (χ3n) is 4.46. The fourth-order valence-electron chi connectivity index (χ4n) is 3.31. The van der Waals surface area contributed by atoms with Crippen molar-refractivity contribution in [3.05, 3.63) is 42.1 Å². The summed E-state index contributed by atoms with van der Waals surface area (Å²) in [6.07, 6.45) is 6.02. The lowest BCUT2D eigenvalue weighted by Crippen LogP contribution is -2.32. The third-order valence-corrected chi connectivity index (χ3v) is 4.46. The largest absolute Gasteiger partial charge is 0.480 e. The van der Waals surface area contributed by atoms with Crippen LogP contribution in [0.4, 0.5) is 0 Å². The molecule has 0 atom stereocenters. The van der Waals surface area contributed by atoms with Crippen LogP contribution in [0.5, 0.6) is 0 Å². The molecule has 1 amide bonds. The third kappa shape index (κ3) is 3.18. The van der Waals surface area contributed by atoms with Gasteiger partial charge < -0.3 is 10.0 Å². The van der Waals surface area contributed by atoms with Gasteiger partial charge in [-0.25, -0.2) is 0 Å². The van der Waals surface area contributed by atoms with Crippen LogP contribution in [-0.2, 0) is 4.79 Å². The molecule has 1 N–H and O–H groups in total. The van der Waals surface area contributed by atoms with Gasteiger partial charge in [-0.15, -0.1) is 0 Å². The van der Waals surface area contributed by atoms with Crippen LogP contribution in [0.1, 0.15) is 42.1 Å². The Kier molecular flexibility index (Phi) is 4.64. The number of rotatable bonds is 5. The Morgan fingerprint density at radius 2 is 1.92 bits per heavy atom. The molecule has 0 aliphatic heterocycles. The van der Waals surface area contributed by atoms with Gasteiger partial charge in [0.25, 0.3) is 5.91 Å². The minimum absolute atomic E-state index is 0.298. The molecule has 0 unspecified atom stereocenters. The lowest BCUT2D eigenvalue weighted by molar-refractivity contribution is -0.137. The fraction of sp³-hybridized carbons (Fsp3) is 0.389. The molecule has 0 radical (unpaired) electrons. The van der Waals surface area contributed by atoms with Gasteiger partial charge in [0.15, 0.2) is 0 Å². The smallest absolute Gasteiger partial charge is 0.323 e. The second-order valence-electron chi connectivity index (χ2n) is 6.21. The maximum absolute atomic E-state index is 12.7. The molecule has 3 rings (SSSR count). The summed E-state index contributed by atoms with van der Waals surface area (Å²) in [7, 11) is 1.50. The number of hydrogen-bond donors (Lipinski definition) is 1. The lowest BCUT2D eigenvalue weighted by Gasteiger charge is -2.18. The van der Waals surface area contributed by atoms with Gasteiger partial charge in [-0.1, -0.05) is 43.2 Å². The standard InChI is InChI=1S/C18H21N3O3/c1-20(12-16(22)23)18(24)15-11-19-21(14-9-5-6-10-14)17(15)13-7-3-2-4-8-13/h2-4,7-8,11,14H,5-6,9-10,12H2,1H3,(H,22,23). The number of carbonyl (C=O) groups excluding carboxylic acids is 1. The van der Waals surface area contributed by atoms with Gasteiger partial charge in [0.1, 0.15) is 6.54 Å². The van der Waals surface area contributed by atoms with E-state index in [4.69, 9.17) is 5.11 Å². The predicted octanol–water partition coefficient (Wildman–Crippen LogP) is 2.82. The Bertz CT molecular complexity index is 733. The Labute approximate surface area is 140 Å². The molecule has 0 bridgehead atoms. The molecule has 1 fully saturated rings. The summed E-state index contributed by atoms with van der Waals surface area (Å²) in [4.78, 5) is 24.8. The Morgan fingerprint density at radius 3 is 2.54 bits per heavy atom. The average Bonchev–Trinajstić information content (AvgIpc) is 3.23. The van der Waals surface area contributed by atoms with Crippen molar-refractivity contribution in [1.82, 2.24) is 14.7 Å². The Morgan fingerprint density at radius 1 is 1.25 bits per heavy atom. The second-order valence-corrected chi connectivity index (χ2v) is 6.21. The first-order valence-electron chi connectivity index (χ1n) is 8.18. The summed E-state index contributed by atoms with van der Waals surface area (Å²) in [6.45, 7) is -0.332. The number of aromatic nitrogens is 2. The van der Waals surface area contributed by atoms with Gasteiger partial charge in [-0.05, 0) is 12.8 Å². The normalized spacial score (nSPS) is 14.7. The summed E-state index contributed by atoms with van der Waals surface area (Å²) in [6, 6.07) is 9.99. The molecule has 1 aromatic carbocycles. The number of benzene rings is 1. The molecule has 1 aliphatic rings. The van der Waals surface area contributed by atoms with Crippen molar-refractivity contribution in [3.63, 3.8) is 0 Å². The number of carbonyl (C=O) groups is 2. The zero-order valence-electron chi connectivity index (χ0n) is 13.7. The summed E-state index contributed by atoms with van der Waals surface area (Å²) in [5.74, 6) is -1.35. The molecule has 6 nitrogen and oxygen atoms in total. The van der Waals surface area contributed by atoms with E-state index >= 15 is 0 Å². The first kappa shape index (κ1) is 16.2. The average molecular weight is 327 g/mol. The van der Waals surface area contributed by atoms with Gasteiger partial charge in [0.05, 0.1) is 23.5 Å². The fourth-order valence-corrected chi connectivity index (χ4v) is 3.31. The highest BCUT2D eigenvalue weighted by atomic mass is 16.4. The van der Waals surface area contributed by atoms with E-state index in [0.29, 0.717) is 11.6 Å². The van der Waals surface area contributed by atoms with E-state index < -0.39 is 5.97 Å². The molecule has 126 valence electrons. The van der Waals surface area contributed by atoms with Crippen molar-refractivity contribution in [1.29, 1.82) is 0 Å². The minimum Gasteiger partial charge on any atom is -0.480 e. The number of carboxylic acid groups (broad SMARTS) is 1. The van der Waals surface area contributed by atoms with Crippen molar-refractivity contribution >= 4 is 11.9 Å². The van der Waals surface area contributed by atoms with Crippen LogP contribution in [0.3, 0.4) is 0 Å². The summed E-state index contributed by atoms with van der Waals surface area (Å²) < 4.78 is 1.95. The summed E-state index contributed by atoms with van der Waals surface area (Å²) >= 11 is 0. The van der Waals surface area contributed by atoms with E-state index in [9.17, 15) is 9.59 Å². The molecule has 1 aromatic heterocycles. The van der Waals surface area contributed by atoms with Crippen LogP contribution >= 0.6 is 0 Å². The van der Waals surface area contributed by atoms with Crippen molar-refractivity contribution in [3.8, 4) is 11.3 Å². The quantitative estimate of drug-likeness (QED) is 0.916. The minimum atomic E-state index is -1.03. The van der Waals surface area contributed by atoms with Gasteiger partial charge >= 0.3 is 5.97 Å². The number of aliphatic carboxylic acids is 1. The monoisotopic (exact) mass is 327 g/mol. The van der Waals surface area contributed by atoms with Crippen molar-refractivity contribution in [2.24, 2.45) is 0 Å². The Hall–Kier alpha value is -2.63. The van der Waals surface area contributed by atoms with E-state index in [1.807, 2.05) is 35.0 Å². The van der Waals surface area contributed by atoms with Crippen LogP contribution in [0.2, 0.25) is 0 Å². The molecular formula is C18H21N3O3. The molecule has 0 spiro atoms. The lowest BCUT2D eigenvalue weighted by atomic mass is 10.1. The molecule has 1 heterocycles. The molecule has 2 aromatic rings. The molecular weight excluding hydrogens is 306 g/mol. The van der Waals surface area contributed by atoms with Crippen LogP contribution in [0.25, 0.3) is 11.3 Å². The van der Waals surface area contributed by atoms with Gasteiger partial charge in [-0.2, -0.15) is 5.10 Å². The number of carboxylic acids is 1. The van der Waals surface area contributed by atoms with Crippen LogP contribution in [0, 0.1) is 0 Å². The van der Waals surface area contributed by atoms with Gasteiger partial charge in [0, 0.05) is 12.6 Å². The highest BCUT2D eigenvalue weighted by Gasteiger charge is 2.27. The van der Waals surface area contributed by atoms with Crippen molar-refractivity contribution in [2.45, 2.75) is 31.7 Å². The van der Waals surface area contributed by atoms with E-state index in [1.54, 1.807) is 6.20 Å². The van der Waals surface area contributed by atoms with Crippen LogP contribution in [-0.4, -0.2) is 45.3 Å². The van der Waals surface area contributed by atoms with Crippen molar-refractivity contribution in [2.75, 3.05) is 13.6 Å². The number of likely N-dealkylation sites (N-methyl/N-ethyl adjacent to an activating group) is 1. The number of hydrogen-bond acceptors (Lipinski definition) is 3. The van der Waals surface area contributed by atoms with E-state index in [-0.39, 0.29) is 12.5 Å². The van der Waals surface area contributed by atoms with E-state index in [2.05, 4.69) is 5.10 Å². The number of amides is 1. The molecule has 0 saturated heterocycles. The zero-order chi connectivity index (χ0) is 17.1. The van der Waals surface area contributed by atoms with Crippen LogP contribution < -0.4 is 0 Å². The summed E-state index contributed by atoms with van der Waals surface area (Å²) in [5.41, 5.74) is 2.16. The zero-order valence-corrected chi connectivity index (χ0v) is 13.7. The van der Waals surface area contributed by atoms with E-state index in [0.717, 1.165) is 24.1 Å². The van der Waals surface area contributed by atoms with Gasteiger partial charge in [0.2, 0.25) is 0 Å². The van der Waals surface area contributed by atoms with E-state index in [1.165, 1.54) is 24.8 Å². The first-order valence-corrected chi connectivity index (χ1v) is 8.18. The molecule has 6 heteroatoms. The highest BCUT2D eigenvalue weighted by Crippen LogP contribution is 2.35. The highest BCUT2D eigenvalue weighted by molar-refractivity contribution is 6.00. The molecule has 1 aliphatic carbocycles. The number of nitrogens with zero attached hydrogens (tertiary/aromatic N) is 3. The predicted molar refractivity (Wildman–Crippen MR) is 89.8 cm³/mol. The second kappa shape index (κ2) is 6.86. The van der Waals surface area contributed by atoms with Gasteiger partial charge in [-0.3, -0.25) is 14.3 Å². The topological polar surface area (TPSA) is 75.4 Å². The summed E-state index contributed by atoms with van der Waals surface area (Å²) in [5, 5.41) is 13.4. The molecule has 24 heavy (non-hydrogen) atoms. The van der Waals surface area contributed by atoms with Crippen molar-refractivity contribution < 1.29 is 14.7 Å². The first-order chi connectivity index (χ1) is 11.6. The maximum Gasteiger partial charge on any atom is 0.323 e. The molecule has 1 saturated carbocycles.